The lowest BCUT2D eigenvalue weighted by Gasteiger charge is -2.08. The first-order valence-electron chi connectivity index (χ1n) is 4.81. The van der Waals surface area contributed by atoms with E-state index in [2.05, 4.69) is 9.97 Å². The molecule has 3 rings (SSSR count). The zero-order chi connectivity index (χ0) is 10.3. The van der Waals surface area contributed by atoms with Gasteiger partial charge < -0.3 is 0 Å². The molecule has 16 heavy (non-hydrogen) atoms. The Hall–Kier alpha value is -1.68. The molecule has 0 N–H and O–H groups in total. The van der Waals surface area contributed by atoms with E-state index in [0.29, 0.717) is 17.8 Å². The molecule has 1 aliphatic rings. The van der Waals surface area contributed by atoms with Gasteiger partial charge in [0.05, 0.1) is 16.7 Å². The second kappa shape index (κ2) is 4.06. The SMILES string of the molecule is O=C1CC=Cc2nc3ccccc3nc21.S. The first-order chi connectivity index (χ1) is 7.34. The van der Waals surface area contributed by atoms with Crippen molar-refractivity contribution in [1.82, 2.24) is 9.97 Å². The van der Waals surface area contributed by atoms with Gasteiger partial charge in [-0.05, 0) is 18.2 Å². The number of hydrogen-bond acceptors (Lipinski definition) is 3. The van der Waals surface area contributed by atoms with Crippen molar-refractivity contribution in [3.63, 3.8) is 0 Å². The van der Waals surface area contributed by atoms with Crippen LogP contribution in [0.5, 0.6) is 0 Å². The number of hydrogen-bond donors (Lipinski definition) is 0. The largest absolute Gasteiger partial charge is 0.292 e. The van der Waals surface area contributed by atoms with E-state index in [-0.39, 0.29) is 19.3 Å². The molecule has 0 saturated carbocycles. The van der Waals surface area contributed by atoms with Crippen LogP contribution in [0.1, 0.15) is 22.6 Å². The summed E-state index contributed by atoms with van der Waals surface area (Å²) >= 11 is 0. The number of carbonyl (C=O) groups is 1. The van der Waals surface area contributed by atoms with Crippen molar-refractivity contribution in [2.45, 2.75) is 6.42 Å². The highest BCUT2D eigenvalue weighted by molar-refractivity contribution is 7.59. The Bertz CT molecular complexity index is 593. The average Bonchev–Trinajstić information content (AvgIpc) is 2.27. The Kier molecular flexibility index (Phi) is 2.75. The quantitative estimate of drug-likeness (QED) is 0.697. The summed E-state index contributed by atoms with van der Waals surface area (Å²) in [7, 11) is 0. The van der Waals surface area contributed by atoms with Crippen molar-refractivity contribution in [3.05, 3.63) is 41.7 Å². The van der Waals surface area contributed by atoms with Crippen LogP contribution in [0.25, 0.3) is 17.1 Å². The third-order valence-electron chi connectivity index (χ3n) is 2.44. The number of ketones is 1. The van der Waals surface area contributed by atoms with Crippen LogP contribution in [0.2, 0.25) is 0 Å². The van der Waals surface area contributed by atoms with Crippen LogP contribution in [0.15, 0.2) is 30.3 Å². The topological polar surface area (TPSA) is 42.9 Å². The summed E-state index contributed by atoms with van der Waals surface area (Å²) in [5.41, 5.74) is 2.79. The standard InChI is InChI=1S/C12H8N2O.H2S/c15-11-7-3-6-10-12(11)14-9-5-2-1-4-8(9)13-10;/h1-6H,7H2;1H2. The van der Waals surface area contributed by atoms with Gasteiger partial charge in [0.2, 0.25) is 0 Å². The Morgan fingerprint density at radius 3 is 2.50 bits per heavy atom. The number of carbonyl (C=O) groups excluding carboxylic acids is 1. The maximum absolute atomic E-state index is 11.6. The van der Waals surface area contributed by atoms with Gasteiger partial charge in [-0.3, -0.25) is 4.79 Å². The summed E-state index contributed by atoms with van der Waals surface area (Å²) in [6.07, 6.45) is 4.12. The second-order valence-corrected chi connectivity index (χ2v) is 3.48. The van der Waals surface area contributed by atoms with E-state index in [1.807, 2.05) is 36.4 Å². The Balaban J connectivity index is 0.000000963. The molecule has 1 heterocycles. The van der Waals surface area contributed by atoms with Crippen LogP contribution in [-0.4, -0.2) is 15.8 Å². The Morgan fingerprint density at radius 2 is 1.75 bits per heavy atom. The summed E-state index contributed by atoms with van der Waals surface area (Å²) in [6, 6.07) is 7.58. The van der Waals surface area contributed by atoms with Gasteiger partial charge in [-0.2, -0.15) is 13.5 Å². The summed E-state index contributed by atoms with van der Waals surface area (Å²) in [5.74, 6) is 0.0470. The number of benzene rings is 1. The highest BCUT2D eigenvalue weighted by atomic mass is 32.1. The molecular formula is C12H10N2OS. The highest BCUT2D eigenvalue weighted by Gasteiger charge is 2.16. The number of para-hydroxylation sites is 2. The lowest BCUT2D eigenvalue weighted by atomic mass is 10.1. The van der Waals surface area contributed by atoms with Gasteiger partial charge in [0.15, 0.2) is 5.78 Å². The zero-order valence-corrected chi connectivity index (χ0v) is 9.47. The minimum absolute atomic E-state index is 0. The second-order valence-electron chi connectivity index (χ2n) is 3.48. The fourth-order valence-corrected chi connectivity index (χ4v) is 1.71. The summed E-state index contributed by atoms with van der Waals surface area (Å²) < 4.78 is 0. The van der Waals surface area contributed by atoms with E-state index < -0.39 is 0 Å². The molecule has 1 aromatic heterocycles. The van der Waals surface area contributed by atoms with E-state index in [9.17, 15) is 4.79 Å². The molecule has 0 aliphatic heterocycles. The zero-order valence-electron chi connectivity index (χ0n) is 8.47. The van der Waals surface area contributed by atoms with Crippen LogP contribution in [0.3, 0.4) is 0 Å². The van der Waals surface area contributed by atoms with Crippen LogP contribution >= 0.6 is 13.5 Å². The highest BCUT2D eigenvalue weighted by Crippen LogP contribution is 2.18. The van der Waals surface area contributed by atoms with Gasteiger partial charge >= 0.3 is 0 Å². The lowest BCUT2D eigenvalue weighted by molar-refractivity contribution is 0.0989. The number of rotatable bonds is 0. The maximum Gasteiger partial charge on any atom is 0.187 e. The number of allylic oxidation sites excluding steroid dienone is 1. The van der Waals surface area contributed by atoms with Gasteiger partial charge in [0.1, 0.15) is 5.69 Å². The fourth-order valence-electron chi connectivity index (χ4n) is 1.71. The maximum atomic E-state index is 11.6. The molecule has 4 heteroatoms. The van der Waals surface area contributed by atoms with E-state index >= 15 is 0 Å². The first kappa shape index (κ1) is 10.8. The minimum Gasteiger partial charge on any atom is -0.292 e. The van der Waals surface area contributed by atoms with Gasteiger partial charge in [0.25, 0.3) is 0 Å². The molecule has 0 unspecified atom stereocenters. The Labute approximate surface area is 99.7 Å². The minimum atomic E-state index is 0. The third-order valence-corrected chi connectivity index (χ3v) is 2.44. The van der Waals surface area contributed by atoms with Gasteiger partial charge in [-0.15, -0.1) is 0 Å². The number of fused-ring (bicyclic) bond motifs is 2. The molecule has 0 amide bonds. The van der Waals surface area contributed by atoms with Gasteiger partial charge in [-0.1, -0.05) is 18.2 Å². The van der Waals surface area contributed by atoms with Crippen LogP contribution in [-0.2, 0) is 0 Å². The van der Waals surface area contributed by atoms with Crippen molar-refractivity contribution in [1.29, 1.82) is 0 Å². The first-order valence-corrected chi connectivity index (χ1v) is 4.81. The Morgan fingerprint density at radius 1 is 1.06 bits per heavy atom. The van der Waals surface area contributed by atoms with E-state index in [1.165, 1.54) is 0 Å². The van der Waals surface area contributed by atoms with Crippen LogP contribution in [0, 0.1) is 0 Å². The molecule has 0 fully saturated rings. The smallest absolute Gasteiger partial charge is 0.187 e. The summed E-state index contributed by atoms with van der Waals surface area (Å²) in [5, 5.41) is 0. The number of aromatic nitrogens is 2. The summed E-state index contributed by atoms with van der Waals surface area (Å²) in [6.45, 7) is 0. The average molecular weight is 230 g/mol. The molecule has 0 bridgehead atoms. The molecule has 2 aromatic rings. The van der Waals surface area contributed by atoms with Crippen molar-refractivity contribution in [2.75, 3.05) is 0 Å². The van der Waals surface area contributed by atoms with Crippen molar-refractivity contribution in [2.24, 2.45) is 0 Å². The predicted molar refractivity (Wildman–Crippen MR) is 67.9 cm³/mol. The lowest BCUT2D eigenvalue weighted by Crippen LogP contribution is -2.09. The molecule has 1 aliphatic carbocycles. The van der Waals surface area contributed by atoms with Crippen LogP contribution < -0.4 is 0 Å². The van der Waals surface area contributed by atoms with Crippen molar-refractivity contribution < 1.29 is 4.79 Å². The molecule has 0 saturated heterocycles. The van der Waals surface area contributed by atoms with Crippen molar-refractivity contribution in [3.8, 4) is 0 Å². The summed E-state index contributed by atoms with van der Waals surface area (Å²) in [4.78, 5) is 20.3. The third kappa shape index (κ3) is 1.61. The molecule has 0 radical (unpaired) electrons. The van der Waals surface area contributed by atoms with E-state index in [0.717, 1.165) is 11.0 Å². The monoisotopic (exact) mass is 230 g/mol. The molecule has 3 nitrogen and oxygen atoms in total. The molecular weight excluding hydrogens is 220 g/mol. The van der Waals surface area contributed by atoms with Crippen LogP contribution in [0.4, 0.5) is 0 Å². The molecule has 0 spiro atoms. The number of Topliss-reactive ketones (excluding diaryl/α,β-unsaturated/α-hetero) is 1. The van der Waals surface area contributed by atoms with E-state index in [1.54, 1.807) is 0 Å². The van der Waals surface area contributed by atoms with Crippen molar-refractivity contribution >= 4 is 36.4 Å². The molecule has 0 atom stereocenters. The number of nitrogens with zero attached hydrogens (tertiary/aromatic N) is 2. The molecule has 80 valence electrons. The normalized spacial score (nSPS) is 13.4. The fraction of sp³-hybridized carbons (Fsp3) is 0.0833. The van der Waals surface area contributed by atoms with Gasteiger partial charge in [-0.25, -0.2) is 9.97 Å². The molecule has 1 aromatic carbocycles. The predicted octanol–water partition coefficient (Wildman–Crippen LogP) is 2.34. The van der Waals surface area contributed by atoms with Gasteiger partial charge in [0, 0.05) is 6.42 Å². The van der Waals surface area contributed by atoms with E-state index in [4.69, 9.17) is 0 Å².